The van der Waals surface area contributed by atoms with E-state index in [4.69, 9.17) is 0 Å². The Kier molecular flexibility index (Phi) is 8.30. The number of nitro groups is 1. The normalized spacial score (nSPS) is 18.8. The number of likely N-dealkylation sites (N-methyl/N-ethyl adjacent to an activating group) is 1. The number of benzene rings is 1. The highest BCUT2D eigenvalue weighted by atomic mass is 32.1. The summed E-state index contributed by atoms with van der Waals surface area (Å²) in [4.78, 5) is 42.9. The van der Waals surface area contributed by atoms with Gasteiger partial charge >= 0.3 is 0 Å². The zero-order valence-corrected chi connectivity index (χ0v) is 23.0. The molecule has 1 atom stereocenters. The molecule has 2 amide bonds. The third-order valence-corrected chi connectivity index (χ3v) is 8.71. The van der Waals surface area contributed by atoms with Crippen molar-refractivity contribution in [1.29, 1.82) is 0 Å². The van der Waals surface area contributed by atoms with E-state index in [1.807, 2.05) is 0 Å². The van der Waals surface area contributed by atoms with Crippen LogP contribution in [0.4, 0.5) is 16.4 Å². The molecule has 0 radical (unpaired) electrons. The van der Waals surface area contributed by atoms with Gasteiger partial charge in [0.1, 0.15) is 5.00 Å². The Labute approximate surface area is 222 Å². The zero-order chi connectivity index (χ0) is 26.7. The van der Waals surface area contributed by atoms with Crippen molar-refractivity contribution in [3.8, 4) is 0 Å². The Morgan fingerprint density at radius 2 is 1.89 bits per heavy atom. The van der Waals surface area contributed by atoms with E-state index in [2.05, 4.69) is 48.3 Å². The number of rotatable bonds is 7. The second-order valence-electron chi connectivity index (χ2n) is 11.2. The number of nitro benzene ring substituents is 1. The molecule has 2 aliphatic rings. The van der Waals surface area contributed by atoms with E-state index in [1.165, 1.54) is 23.5 Å². The highest BCUT2D eigenvalue weighted by Crippen LogP contribution is 2.44. The maximum Gasteiger partial charge on any atom is 0.271 e. The van der Waals surface area contributed by atoms with Crippen LogP contribution >= 0.6 is 11.3 Å². The summed E-state index contributed by atoms with van der Waals surface area (Å²) in [5.41, 5.74) is 1.90. The predicted molar refractivity (Wildman–Crippen MR) is 148 cm³/mol. The minimum Gasteiger partial charge on any atom is -0.322 e. The van der Waals surface area contributed by atoms with Crippen molar-refractivity contribution in [1.82, 2.24) is 9.80 Å². The lowest BCUT2D eigenvalue weighted by atomic mass is 9.72. The molecule has 10 heteroatoms. The van der Waals surface area contributed by atoms with Crippen molar-refractivity contribution in [2.24, 2.45) is 11.3 Å². The van der Waals surface area contributed by atoms with Crippen molar-refractivity contribution in [2.45, 2.75) is 46.5 Å². The molecule has 37 heavy (non-hydrogen) atoms. The van der Waals surface area contributed by atoms with Gasteiger partial charge in [0.15, 0.2) is 0 Å². The topological polar surface area (TPSA) is 108 Å². The molecule has 0 spiro atoms. The number of hydrogen-bond donors (Lipinski definition) is 2. The van der Waals surface area contributed by atoms with E-state index in [0.717, 1.165) is 55.9 Å². The molecule has 2 aromatic rings. The fourth-order valence-electron chi connectivity index (χ4n) is 5.06. The van der Waals surface area contributed by atoms with E-state index < -0.39 is 4.92 Å². The minimum absolute atomic E-state index is 0.0874. The van der Waals surface area contributed by atoms with Gasteiger partial charge in [-0.3, -0.25) is 19.7 Å². The van der Waals surface area contributed by atoms with Crippen LogP contribution in [-0.4, -0.2) is 66.3 Å². The highest BCUT2D eigenvalue weighted by Gasteiger charge is 2.34. The number of hydrogen-bond acceptors (Lipinski definition) is 7. The molecule has 1 aliphatic heterocycles. The van der Waals surface area contributed by atoms with Crippen LogP contribution in [0.3, 0.4) is 0 Å². The van der Waals surface area contributed by atoms with Crippen LogP contribution in [0.1, 0.15) is 54.4 Å². The van der Waals surface area contributed by atoms with E-state index in [1.54, 1.807) is 12.1 Å². The second-order valence-corrected chi connectivity index (χ2v) is 12.3. The number of amides is 2. The Bertz CT molecular complexity index is 1160. The van der Waals surface area contributed by atoms with E-state index in [9.17, 15) is 19.7 Å². The van der Waals surface area contributed by atoms with Crippen molar-refractivity contribution >= 4 is 39.5 Å². The lowest BCUT2D eigenvalue weighted by molar-refractivity contribution is -0.384. The first-order valence-corrected chi connectivity index (χ1v) is 13.7. The first-order chi connectivity index (χ1) is 17.5. The van der Waals surface area contributed by atoms with Gasteiger partial charge in [0.25, 0.3) is 11.6 Å². The Morgan fingerprint density at radius 1 is 1.16 bits per heavy atom. The predicted octanol–water partition coefficient (Wildman–Crippen LogP) is 4.64. The SMILES string of the molecule is CN1CCN(CCC(=O)Nc2sc3c(c2C(=O)Nc2cccc([N+](=O)[O-])c2)CCC(C(C)(C)C)C3)CC1. The van der Waals surface area contributed by atoms with Gasteiger partial charge in [-0.1, -0.05) is 26.8 Å². The number of non-ortho nitro benzene ring substituents is 1. The lowest BCUT2D eigenvalue weighted by Crippen LogP contribution is -2.45. The molecule has 0 bridgehead atoms. The molecule has 200 valence electrons. The largest absolute Gasteiger partial charge is 0.322 e. The van der Waals surface area contributed by atoms with Crippen molar-refractivity contribution in [3.63, 3.8) is 0 Å². The summed E-state index contributed by atoms with van der Waals surface area (Å²) in [5, 5.41) is 17.6. The summed E-state index contributed by atoms with van der Waals surface area (Å²) in [6.07, 6.45) is 2.98. The molecule has 1 aliphatic carbocycles. The molecular weight excluding hydrogens is 490 g/mol. The number of anilines is 2. The van der Waals surface area contributed by atoms with Gasteiger partial charge in [0, 0.05) is 61.8 Å². The number of nitrogens with zero attached hydrogens (tertiary/aromatic N) is 3. The monoisotopic (exact) mass is 527 g/mol. The van der Waals surface area contributed by atoms with Crippen LogP contribution < -0.4 is 10.6 Å². The van der Waals surface area contributed by atoms with Gasteiger partial charge in [-0.05, 0) is 49.3 Å². The van der Waals surface area contributed by atoms with E-state index in [-0.39, 0.29) is 22.9 Å². The third kappa shape index (κ3) is 6.74. The summed E-state index contributed by atoms with van der Waals surface area (Å²) >= 11 is 1.50. The number of fused-ring (bicyclic) bond motifs is 1. The molecule has 1 aromatic heterocycles. The molecule has 1 saturated heterocycles. The van der Waals surface area contributed by atoms with Crippen molar-refractivity contribution < 1.29 is 14.5 Å². The fourth-order valence-corrected chi connectivity index (χ4v) is 6.41. The first kappa shape index (κ1) is 27.2. The van der Waals surface area contributed by atoms with Gasteiger partial charge in [-0.15, -0.1) is 11.3 Å². The van der Waals surface area contributed by atoms with Crippen LogP contribution in [0, 0.1) is 21.4 Å². The lowest BCUT2D eigenvalue weighted by Gasteiger charge is -2.33. The minimum atomic E-state index is -0.485. The standard InChI is InChI=1S/C27H37N5O4S/c1-27(2,3)18-8-9-21-22(16-18)37-26(29-23(33)10-11-31-14-12-30(4)13-15-31)24(21)25(34)28-19-6-5-7-20(17-19)32(35)36/h5-7,17-18H,8-16H2,1-4H3,(H,28,34)(H,29,33). The molecular formula is C27H37N5O4S. The second kappa shape index (κ2) is 11.3. The van der Waals surface area contributed by atoms with Gasteiger partial charge in [-0.2, -0.15) is 0 Å². The van der Waals surface area contributed by atoms with E-state index >= 15 is 0 Å². The molecule has 1 fully saturated rings. The maximum absolute atomic E-state index is 13.5. The molecule has 2 N–H and O–H groups in total. The van der Waals surface area contributed by atoms with Crippen LogP contribution in [0.15, 0.2) is 24.3 Å². The average molecular weight is 528 g/mol. The Morgan fingerprint density at radius 3 is 2.57 bits per heavy atom. The van der Waals surface area contributed by atoms with Crippen LogP contribution in [0.2, 0.25) is 0 Å². The summed E-state index contributed by atoms with van der Waals surface area (Å²) in [6, 6.07) is 5.92. The van der Waals surface area contributed by atoms with Crippen molar-refractivity contribution in [2.75, 3.05) is 50.4 Å². The van der Waals surface area contributed by atoms with Gasteiger partial charge in [0.2, 0.25) is 5.91 Å². The molecule has 0 saturated carbocycles. The third-order valence-electron chi connectivity index (χ3n) is 7.54. The summed E-state index contributed by atoms with van der Waals surface area (Å²) in [6.45, 7) is 11.3. The maximum atomic E-state index is 13.5. The van der Waals surface area contributed by atoms with Crippen LogP contribution in [0.5, 0.6) is 0 Å². The number of nitrogens with one attached hydrogen (secondary N) is 2. The first-order valence-electron chi connectivity index (χ1n) is 12.9. The molecule has 2 heterocycles. The van der Waals surface area contributed by atoms with Crippen LogP contribution in [0.25, 0.3) is 0 Å². The quantitative estimate of drug-likeness (QED) is 0.401. The van der Waals surface area contributed by atoms with Gasteiger partial charge < -0.3 is 20.4 Å². The van der Waals surface area contributed by atoms with E-state index in [0.29, 0.717) is 35.1 Å². The number of thiophene rings is 1. The van der Waals surface area contributed by atoms with Gasteiger partial charge in [0.05, 0.1) is 10.5 Å². The highest BCUT2D eigenvalue weighted by molar-refractivity contribution is 7.17. The van der Waals surface area contributed by atoms with Crippen LogP contribution in [-0.2, 0) is 17.6 Å². The Hall–Kier alpha value is -2.82. The smallest absolute Gasteiger partial charge is 0.271 e. The Balaban J connectivity index is 1.54. The fraction of sp³-hybridized carbons (Fsp3) is 0.556. The number of carbonyl (C=O) groups excluding carboxylic acids is 2. The van der Waals surface area contributed by atoms with Crippen molar-refractivity contribution in [3.05, 3.63) is 50.4 Å². The molecule has 4 rings (SSSR count). The number of piperazine rings is 1. The number of carbonyl (C=O) groups is 2. The zero-order valence-electron chi connectivity index (χ0n) is 22.1. The summed E-state index contributed by atoms with van der Waals surface area (Å²) in [5.74, 6) is 0.0444. The molecule has 1 unspecified atom stereocenters. The molecule has 9 nitrogen and oxygen atoms in total. The summed E-state index contributed by atoms with van der Waals surface area (Å²) < 4.78 is 0. The molecule has 1 aromatic carbocycles. The average Bonchev–Trinajstić information content (AvgIpc) is 3.20. The van der Waals surface area contributed by atoms with Gasteiger partial charge in [-0.25, -0.2) is 0 Å². The summed E-state index contributed by atoms with van der Waals surface area (Å²) in [7, 11) is 2.10.